The van der Waals surface area contributed by atoms with Crippen molar-refractivity contribution in [3.8, 4) is 5.75 Å². The number of hydrazone groups is 1. The van der Waals surface area contributed by atoms with Crippen molar-refractivity contribution in [2.75, 3.05) is 12.0 Å². The van der Waals surface area contributed by atoms with E-state index in [2.05, 4.69) is 15.5 Å². The molecule has 2 aromatic carbocycles. The van der Waals surface area contributed by atoms with E-state index in [1.54, 1.807) is 24.4 Å². The highest BCUT2D eigenvalue weighted by Crippen LogP contribution is 2.17. The van der Waals surface area contributed by atoms with E-state index in [1.807, 2.05) is 42.5 Å². The number of para-hydroxylation sites is 2. The minimum atomic E-state index is -1.03. The van der Waals surface area contributed by atoms with E-state index in [0.29, 0.717) is 17.1 Å². The number of rotatable bonds is 6. The molecule has 0 bridgehead atoms. The zero-order valence-electron chi connectivity index (χ0n) is 12.7. The van der Waals surface area contributed by atoms with Crippen LogP contribution in [-0.4, -0.2) is 28.9 Å². The monoisotopic (exact) mass is 321 g/mol. The highest BCUT2D eigenvalue weighted by atomic mass is 16.5. The van der Waals surface area contributed by atoms with Gasteiger partial charge in [-0.05, 0) is 30.3 Å². The fourth-order valence-corrected chi connectivity index (χ4v) is 2.15. The largest absolute Gasteiger partial charge is 0.481 e. The predicted molar refractivity (Wildman–Crippen MR) is 92.5 cm³/mol. The van der Waals surface area contributed by atoms with Gasteiger partial charge in [0.2, 0.25) is 0 Å². The van der Waals surface area contributed by atoms with E-state index in [9.17, 15) is 4.79 Å². The van der Waals surface area contributed by atoms with Gasteiger partial charge in [0.25, 0.3) is 0 Å². The van der Waals surface area contributed by atoms with Crippen molar-refractivity contribution in [1.29, 1.82) is 0 Å². The van der Waals surface area contributed by atoms with Crippen LogP contribution in [0.1, 0.15) is 5.56 Å². The van der Waals surface area contributed by atoms with E-state index in [-0.39, 0.29) is 0 Å². The van der Waals surface area contributed by atoms with Crippen LogP contribution in [0.5, 0.6) is 5.75 Å². The molecule has 3 aromatic rings. The third kappa shape index (κ3) is 3.86. The number of pyridine rings is 1. The number of anilines is 1. The summed E-state index contributed by atoms with van der Waals surface area (Å²) in [5, 5.41) is 13.9. The van der Waals surface area contributed by atoms with Gasteiger partial charge in [0, 0.05) is 10.9 Å². The fourth-order valence-electron chi connectivity index (χ4n) is 2.15. The van der Waals surface area contributed by atoms with Crippen molar-refractivity contribution in [2.24, 2.45) is 5.10 Å². The molecule has 3 rings (SSSR count). The summed E-state index contributed by atoms with van der Waals surface area (Å²) < 4.78 is 5.22. The second-order valence-corrected chi connectivity index (χ2v) is 4.98. The number of aliphatic carboxylic acids is 1. The third-order valence-electron chi connectivity index (χ3n) is 3.25. The normalized spacial score (nSPS) is 10.8. The molecule has 2 N–H and O–H groups in total. The Morgan fingerprint density at radius 2 is 1.92 bits per heavy atom. The molecule has 1 heterocycles. The Morgan fingerprint density at radius 3 is 2.79 bits per heavy atom. The lowest BCUT2D eigenvalue weighted by molar-refractivity contribution is -0.139. The van der Waals surface area contributed by atoms with Gasteiger partial charge >= 0.3 is 5.97 Å². The molecule has 0 saturated heterocycles. The number of carboxylic acid groups (broad SMARTS) is 1. The maximum atomic E-state index is 10.6. The molecular weight excluding hydrogens is 306 g/mol. The number of aromatic nitrogens is 1. The number of carbonyl (C=O) groups is 1. The molecule has 0 radical (unpaired) electrons. The third-order valence-corrected chi connectivity index (χ3v) is 3.25. The Morgan fingerprint density at radius 1 is 1.12 bits per heavy atom. The number of hydrogen-bond acceptors (Lipinski definition) is 5. The molecule has 0 saturated carbocycles. The molecule has 1 aromatic heterocycles. The van der Waals surface area contributed by atoms with Crippen LogP contribution in [0, 0.1) is 0 Å². The molecule has 0 unspecified atom stereocenters. The number of hydrogen-bond donors (Lipinski definition) is 2. The number of carboxylic acids is 1. The average molecular weight is 321 g/mol. The maximum absolute atomic E-state index is 10.6. The minimum absolute atomic E-state index is 0.398. The van der Waals surface area contributed by atoms with Crippen LogP contribution in [0.25, 0.3) is 10.9 Å². The van der Waals surface area contributed by atoms with Gasteiger partial charge in [-0.3, -0.25) is 5.43 Å². The van der Waals surface area contributed by atoms with Gasteiger partial charge in [0.15, 0.2) is 6.61 Å². The topological polar surface area (TPSA) is 83.8 Å². The highest BCUT2D eigenvalue weighted by molar-refractivity contribution is 5.84. The molecule has 0 atom stereocenters. The van der Waals surface area contributed by atoms with Crippen molar-refractivity contribution >= 4 is 28.9 Å². The molecule has 0 spiro atoms. The zero-order valence-corrected chi connectivity index (χ0v) is 12.7. The smallest absolute Gasteiger partial charge is 0.341 e. The van der Waals surface area contributed by atoms with Crippen LogP contribution in [-0.2, 0) is 4.79 Å². The molecule has 24 heavy (non-hydrogen) atoms. The summed E-state index contributed by atoms with van der Waals surface area (Å²) >= 11 is 0. The molecule has 0 fully saturated rings. The van der Waals surface area contributed by atoms with Gasteiger partial charge in [0.05, 0.1) is 11.7 Å². The molecule has 0 aliphatic heterocycles. The van der Waals surface area contributed by atoms with Crippen molar-refractivity contribution in [1.82, 2.24) is 4.98 Å². The van der Waals surface area contributed by atoms with Gasteiger partial charge < -0.3 is 9.84 Å². The predicted octanol–water partition coefficient (Wildman–Crippen LogP) is 3.14. The quantitative estimate of drug-likeness (QED) is 0.538. The van der Waals surface area contributed by atoms with E-state index < -0.39 is 12.6 Å². The Labute approximate surface area is 138 Å². The first-order valence-corrected chi connectivity index (χ1v) is 7.31. The number of fused-ring (bicyclic) bond motifs is 1. The van der Waals surface area contributed by atoms with Crippen LogP contribution in [0.2, 0.25) is 0 Å². The summed E-state index contributed by atoms with van der Waals surface area (Å²) in [7, 11) is 0. The molecule has 0 aliphatic rings. The fraction of sp³-hybridized carbons (Fsp3) is 0.0556. The van der Waals surface area contributed by atoms with Crippen LogP contribution in [0.15, 0.2) is 65.8 Å². The van der Waals surface area contributed by atoms with Gasteiger partial charge in [-0.15, -0.1) is 0 Å². The summed E-state index contributed by atoms with van der Waals surface area (Å²) in [6.45, 7) is -0.398. The van der Waals surface area contributed by atoms with Gasteiger partial charge in [0.1, 0.15) is 11.6 Å². The zero-order chi connectivity index (χ0) is 16.8. The van der Waals surface area contributed by atoms with Crippen LogP contribution in [0.4, 0.5) is 5.82 Å². The van der Waals surface area contributed by atoms with Crippen molar-refractivity contribution in [2.45, 2.75) is 0 Å². The summed E-state index contributed by atoms with van der Waals surface area (Å²) in [5.41, 5.74) is 4.41. The number of nitrogens with one attached hydrogen (secondary N) is 1. The lowest BCUT2D eigenvalue weighted by Gasteiger charge is -2.06. The Balaban J connectivity index is 1.72. The summed E-state index contributed by atoms with van der Waals surface area (Å²) in [6, 6.07) is 18.7. The van der Waals surface area contributed by atoms with Crippen LogP contribution in [0.3, 0.4) is 0 Å². The minimum Gasteiger partial charge on any atom is -0.481 e. The number of benzene rings is 2. The first-order chi connectivity index (χ1) is 11.7. The van der Waals surface area contributed by atoms with E-state index in [1.165, 1.54) is 0 Å². The lowest BCUT2D eigenvalue weighted by Crippen LogP contribution is -2.10. The summed E-state index contributed by atoms with van der Waals surface area (Å²) in [5.74, 6) is 0.0473. The second kappa shape index (κ2) is 7.23. The maximum Gasteiger partial charge on any atom is 0.341 e. The Hall–Kier alpha value is -3.41. The molecule has 0 amide bonds. The molecular formula is C18H15N3O3. The van der Waals surface area contributed by atoms with E-state index >= 15 is 0 Å². The van der Waals surface area contributed by atoms with Gasteiger partial charge in [-0.2, -0.15) is 5.10 Å². The van der Waals surface area contributed by atoms with E-state index in [4.69, 9.17) is 9.84 Å². The second-order valence-electron chi connectivity index (χ2n) is 4.98. The first kappa shape index (κ1) is 15.5. The molecule has 6 heteroatoms. The number of ether oxygens (including phenoxy) is 1. The van der Waals surface area contributed by atoms with Crippen LogP contribution >= 0.6 is 0 Å². The summed E-state index contributed by atoms with van der Waals surface area (Å²) in [6.07, 6.45) is 1.56. The van der Waals surface area contributed by atoms with Crippen molar-refractivity contribution in [3.63, 3.8) is 0 Å². The molecule has 6 nitrogen and oxygen atoms in total. The van der Waals surface area contributed by atoms with Gasteiger partial charge in [-0.1, -0.05) is 30.3 Å². The first-order valence-electron chi connectivity index (χ1n) is 7.31. The van der Waals surface area contributed by atoms with Crippen molar-refractivity contribution in [3.05, 3.63) is 66.2 Å². The number of nitrogens with zero attached hydrogens (tertiary/aromatic N) is 2. The van der Waals surface area contributed by atoms with Crippen molar-refractivity contribution < 1.29 is 14.6 Å². The SMILES string of the molecule is O=C(O)COc1ccccc1C=NNc1ccc2ccccc2n1. The lowest BCUT2D eigenvalue weighted by atomic mass is 10.2. The summed E-state index contributed by atoms with van der Waals surface area (Å²) in [4.78, 5) is 15.1. The molecule has 0 aliphatic carbocycles. The standard InChI is InChI=1S/C18H15N3O3/c22-18(23)12-24-16-8-4-2-6-14(16)11-19-21-17-10-9-13-5-1-3-7-15(13)20-17/h1-11H,12H2,(H,20,21)(H,22,23). The molecule has 120 valence electrons. The Bertz CT molecular complexity index is 893. The van der Waals surface area contributed by atoms with E-state index in [0.717, 1.165) is 10.9 Å². The van der Waals surface area contributed by atoms with Gasteiger partial charge in [-0.25, -0.2) is 9.78 Å². The van der Waals surface area contributed by atoms with Crippen LogP contribution < -0.4 is 10.2 Å². The Kier molecular flexibility index (Phi) is 4.67. The average Bonchev–Trinajstić information content (AvgIpc) is 2.61. The highest BCUT2D eigenvalue weighted by Gasteiger charge is 2.03.